The Morgan fingerprint density at radius 2 is 1.62 bits per heavy atom. The lowest BCUT2D eigenvalue weighted by Gasteiger charge is -2.31. The van der Waals surface area contributed by atoms with Crippen LogP contribution in [0.5, 0.6) is 5.75 Å². The maximum atomic E-state index is 13.0. The minimum Gasteiger partial charge on any atom is -0.497 e. The number of rotatable bonds is 7. The van der Waals surface area contributed by atoms with E-state index in [0.717, 1.165) is 49.8 Å². The molecule has 0 heterocycles. The summed E-state index contributed by atoms with van der Waals surface area (Å²) < 4.78 is 32.5. The molecule has 6 nitrogen and oxygen atoms in total. The van der Waals surface area contributed by atoms with Gasteiger partial charge in [-0.2, -0.15) is 0 Å². The molecule has 2 fully saturated rings. The second kappa shape index (κ2) is 7.80. The van der Waals surface area contributed by atoms with Crippen molar-refractivity contribution >= 4 is 15.9 Å². The molecule has 0 saturated heterocycles. The number of carbonyl (C=O) groups excluding carboxylic acids is 1. The fourth-order valence-corrected chi connectivity index (χ4v) is 5.24. The van der Waals surface area contributed by atoms with Crippen molar-refractivity contribution in [2.45, 2.75) is 55.0 Å². The molecule has 0 aliphatic heterocycles. The topological polar surface area (TPSA) is 84.5 Å². The third-order valence-electron chi connectivity index (χ3n) is 5.78. The molecule has 2 aliphatic carbocycles. The highest BCUT2D eigenvalue weighted by Gasteiger charge is 2.37. The number of ether oxygens (including phenoxy) is 1. The number of benzene rings is 2. The van der Waals surface area contributed by atoms with Gasteiger partial charge < -0.3 is 10.1 Å². The van der Waals surface area contributed by atoms with Crippen molar-refractivity contribution in [3.63, 3.8) is 0 Å². The number of methoxy groups -OCH3 is 1. The minimum absolute atomic E-state index is 0.0506. The van der Waals surface area contributed by atoms with Crippen molar-refractivity contribution in [2.24, 2.45) is 0 Å². The normalized spacial score (nSPS) is 18.4. The maximum Gasteiger partial charge on any atom is 0.251 e. The van der Waals surface area contributed by atoms with Gasteiger partial charge in [0.05, 0.1) is 17.5 Å². The largest absolute Gasteiger partial charge is 0.497 e. The fourth-order valence-electron chi connectivity index (χ4n) is 3.94. The highest BCUT2D eigenvalue weighted by molar-refractivity contribution is 7.89. The Balaban J connectivity index is 1.52. The summed E-state index contributed by atoms with van der Waals surface area (Å²) in [7, 11) is -1.89. The van der Waals surface area contributed by atoms with E-state index in [9.17, 15) is 13.2 Å². The van der Waals surface area contributed by atoms with Crippen LogP contribution in [0.4, 0.5) is 0 Å². The van der Waals surface area contributed by atoms with Gasteiger partial charge in [-0.1, -0.05) is 25.0 Å². The van der Waals surface area contributed by atoms with E-state index in [0.29, 0.717) is 5.56 Å². The highest BCUT2D eigenvalue weighted by atomic mass is 32.2. The molecular formula is C22H26N2O4S. The number of hydrogen-bond donors (Lipinski definition) is 2. The molecule has 0 unspecified atom stereocenters. The number of amides is 1. The van der Waals surface area contributed by atoms with E-state index in [1.54, 1.807) is 19.2 Å². The van der Waals surface area contributed by atoms with Crippen LogP contribution >= 0.6 is 0 Å². The van der Waals surface area contributed by atoms with Gasteiger partial charge in [0.15, 0.2) is 0 Å². The van der Waals surface area contributed by atoms with E-state index in [2.05, 4.69) is 10.0 Å². The average molecular weight is 415 g/mol. The van der Waals surface area contributed by atoms with E-state index >= 15 is 0 Å². The Morgan fingerprint density at radius 1 is 1.00 bits per heavy atom. The maximum absolute atomic E-state index is 13.0. The van der Waals surface area contributed by atoms with Crippen LogP contribution in [0.15, 0.2) is 53.4 Å². The number of carbonyl (C=O) groups is 1. The van der Waals surface area contributed by atoms with Gasteiger partial charge in [0.25, 0.3) is 5.91 Å². The van der Waals surface area contributed by atoms with Crippen LogP contribution in [0.2, 0.25) is 0 Å². The number of nitrogens with one attached hydrogen (secondary N) is 2. The van der Waals surface area contributed by atoms with Crippen LogP contribution in [0.25, 0.3) is 0 Å². The van der Waals surface area contributed by atoms with Crippen molar-refractivity contribution in [2.75, 3.05) is 7.11 Å². The lowest BCUT2D eigenvalue weighted by atomic mass is 9.87. The molecule has 1 amide bonds. The van der Waals surface area contributed by atoms with Gasteiger partial charge >= 0.3 is 0 Å². The molecular weight excluding hydrogens is 388 g/mol. The molecule has 154 valence electrons. The summed E-state index contributed by atoms with van der Waals surface area (Å²) in [6, 6.07) is 14.0. The fraction of sp³-hybridized carbons (Fsp3) is 0.409. The van der Waals surface area contributed by atoms with Crippen molar-refractivity contribution in [1.82, 2.24) is 10.0 Å². The van der Waals surface area contributed by atoms with Gasteiger partial charge in [-0.05, 0) is 67.6 Å². The monoisotopic (exact) mass is 414 g/mol. The molecule has 2 aromatic carbocycles. The Labute approximate surface area is 171 Å². The first-order valence-electron chi connectivity index (χ1n) is 10.0. The molecule has 0 bridgehead atoms. The van der Waals surface area contributed by atoms with E-state index in [1.807, 2.05) is 24.3 Å². The smallest absolute Gasteiger partial charge is 0.251 e. The summed E-state index contributed by atoms with van der Waals surface area (Å²) >= 11 is 0. The van der Waals surface area contributed by atoms with Gasteiger partial charge in [0.1, 0.15) is 5.75 Å². The zero-order valence-corrected chi connectivity index (χ0v) is 17.3. The summed E-state index contributed by atoms with van der Waals surface area (Å²) in [4.78, 5) is 13.1. The van der Waals surface area contributed by atoms with Crippen LogP contribution in [0.3, 0.4) is 0 Å². The second-order valence-electron chi connectivity index (χ2n) is 7.89. The second-order valence-corrected chi connectivity index (χ2v) is 9.61. The standard InChI is InChI=1S/C22H26N2O4S/c1-28-19-10-6-17(7-11-19)22(14-2-3-15-22)23-21(25)16-4-12-20(13-5-16)29(26,27)24-18-8-9-18/h4-7,10-13,18,24H,2-3,8-9,14-15H2,1H3,(H,23,25). The van der Waals surface area contributed by atoms with Crippen LogP contribution in [0.1, 0.15) is 54.4 Å². The molecule has 2 aliphatic rings. The predicted molar refractivity (Wildman–Crippen MR) is 110 cm³/mol. The van der Waals surface area contributed by atoms with Crippen molar-refractivity contribution in [3.8, 4) is 5.75 Å². The van der Waals surface area contributed by atoms with E-state index in [1.165, 1.54) is 12.1 Å². The van der Waals surface area contributed by atoms with Gasteiger partial charge in [-0.15, -0.1) is 0 Å². The molecule has 0 radical (unpaired) electrons. The molecule has 0 atom stereocenters. The van der Waals surface area contributed by atoms with Gasteiger partial charge in [0, 0.05) is 11.6 Å². The Hall–Kier alpha value is -2.38. The summed E-state index contributed by atoms with van der Waals surface area (Å²) in [5, 5.41) is 3.22. The van der Waals surface area contributed by atoms with E-state index < -0.39 is 15.6 Å². The van der Waals surface area contributed by atoms with Crippen LogP contribution in [-0.2, 0) is 15.6 Å². The van der Waals surface area contributed by atoms with Gasteiger partial charge in [-0.25, -0.2) is 13.1 Å². The Bertz CT molecular complexity index is 974. The summed E-state index contributed by atoms with van der Waals surface area (Å²) in [6.45, 7) is 0. The first-order valence-corrected chi connectivity index (χ1v) is 11.5. The molecule has 0 spiro atoms. The lowest BCUT2D eigenvalue weighted by molar-refractivity contribution is 0.0898. The molecule has 29 heavy (non-hydrogen) atoms. The Kier molecular flexibility index (Phi) is 5.36. The SMILES string of the molecule is COc1ccc(C2(NC(=O)c3ccc(S(=O)(=O)NC4CC4)cc3)CCCC2)cc1. The Morgan fingerprint density at radius 3 is 2.17 bits per heavy atom. The summed E-state index contributed by atoms with van der Waals surface area (Å²) in [5.74, 6) is 0.589. The average Bonchev–Trinajstić information content (AvgIpc) is 3.41. The van der Waals surface area contributed by atoms with E-state index in [-0.39, 0.29) is 16.8 Å². The number of hydrogen-bond acceptors (Lipinski definition) is 4. The van der Waals surface area contributed by atoms with Crippen LogP contribution < -0.4 is 14.8 Å². The van der Waals surface area contributed by atoms with Crippen LogP contribution in [-0.4, -0.2) is 27.5 Å². The van der Waals surface area contributed by atoms with E-state index in [4.69, 9.17) is 4.74 Å². The van der Waals surface area contributed by atoms with Gasteiger partial charge in [-0.3, -0.25) is 4.79 Å². The molecule has 7 heteroatoms. The predicted octanol–water partition coefficient (Wildman–Crippen LogP) is 3.34. The molecule has 2 N–H and O–H groups in total. The molecule has 4 rings (SSSR count). The summed E-state index contributed by atoms with van der Waals surface area (Å²) in [6.07, 6.45) is 5.62. The summed E-state index contributed by atoms with van der Waals surface area (Å²) in [5.41, 5.74) is 1.12. The first kappa shape index (κ1) is 19.9. The lowest BCUT2D eigenvalue weighted by Crippen LogP contribution is -2.43. The zero-order valence-electron chi connectivity index (χ0n) is 16.5. The van der Waals surface area contributed by atoms with Crippen molar-refractivity contribution < 1.29 is 17.9 Å². The quantitative estimate of drug-likeness (QED) is 0.728. The highest BCUT2D eigenvalue weighted by Crippen LogP contribution is 2.39. The van der Waals surface area contributed by atoms with Crippen molar-refractivity contribution in [3.05, 3.63) is 59.7 Å². The zero-order chi connectivity index (χ0) is 20.5. The van der Waals surface area contributed by atoms with Gasteiger partial charge in [0.2, 0.25) is 10.0 Å². The third kappa shape index (κ3) is 4.31. The first-order chi connectivity index (χ1) is 13.9. The minimum atomic E-state index is -3.52. The molecule has 2 aromatic rings. The third-order valence-corrected chi connectivity index (χ3v) is 7.31. The number of sulfonamides is 1. The molecule has 0 aromatic heterocycles. The molecule has 2 saturated carbocycles. The van der Waals surface area contributed by atoms with Crippen molar-refractivity contribution in [1.29, 1.82) is 0 Å². The van der Waals surface area contributed by atoms with Crippen LogP contribution in [0, 0.1) is 0 Å².